The molecule has 0 amide bonds. The van der Waals surface area contributed by atoms with Crippen molar-refractivity contribution in [1.82, 2.24) is 14.5 Å². The van der Waals surface area contributed by atoms with Crippen LogP contribution in [0.5, 0.6) is 0 Å². The normalized spacial score (nSPS) is 26.6. The molecular weight excluding hydrogens is 525 g/mol. The van der Waals surface area contributed by atoms with Gasteiger partial charge in [0.2, 0.25) is 0 Å². The molecule has 7 atom stereocenters. The highest BCUT2D eigenvalue weighted by Crippen LogP contribution is 2.53. The smallest absolute Gasteiger partial charge is 0.387 e. The predicted molar refractivity (Wildman–Crippen MR) is 129 cm³/mol. The molecule has 3 aromatic rings. The number of benzene rings is 1. The Kier molecular flexibility index (Phi) is 8.13. The molecular formula is C22H28N5O10P. The van der Waals surface area contributed by atoms with Gasteiger partial charge in [0, 0.05) is 6.20 Å². The molecule has 16 heteroatoms. The Morgan fingerprint density at radius 1 is 1.29 bits per heavy atom. The Morgan fingerprint density at radius 3 is 2.68 bits per heavy atom. The van der Waals surface area contributed by atoms with Gasteiger partial charge in [-0.25, -0.2) is 28.7 Å². The minimum Gasteiger partial charge on any atom is -0.387 e. The van der Waals surface area contributed by atoms with Gasteiger partial charge in [0.1, 0.15) is 48.3 Å². The summed E-state index contributed by atoms with van der Waals surface area (Å²) in [5.74, 6) is -1.01. The van der Waals surface area contributed by atoms with Crippen LogP contribution in [0.15, 0.2) is 48.9 Å². The standard InChI is InChI=1S/C22H28N5O10P/c1-12(23)19(29)35-38(32,37-33-10-13-6-4-3-5-7-13)36-20(30)15-16(28)22(2,31)21(34-15)27-9-8-14-17(24)25-11-26-18(14)27/h3-9,11-12,15-16,20-21,28,30-31H,10,23H2,1-2H3,(H2,24,25,26)/t12-,15-,16+,20?,21+,22+,38?/m0/s1. The van der Waals surface area contributed by atoms with Crippen molar-refractivity contribution in [3.8, 4) is 0 Å². The van der Waals surface area contributed by atoms with E-state index in [9.17, 15) is 24.7 Å². The second-order valence-electron chi connectivity index (χ2n) is 8.81. The summed E-state index contributed by atoms with van der Waals surface area (Å²) in [6.07, 6.45) is -4.34. The lowest BCUT2D eigenvalue weighted by Gasteiger charge is -2.28. The number of aliphatic hydroxyl groups is 3. The van der Waals surface area contributed by atoms with Crippen molar-refractivity contribution in [2.45, 2.75) is 56.8 Å². The second kappa shape index (κ2) is 11.0. The van der Waals surface area contributed by atoms with Gasteiger partial charge in [-0.3, -0.25) is 0 Å². The van der Waals surface area contributed by atoms with Gasteiger partial charge in [-0.1, -0.05) is 30.3 Å². The molecule has 15 nitrogen and oxygen atoms in total. The first-order valence-corrected chi connectivity index (χ1v) is 12.8. The maximum Gasteiger partial charge on any atom is 0.562 e. The number of nitrogens with two attached hydrogens (primary N) is 2. The van der Waals surface area contributed by atoms with Crippen LogP contribution in [0.2, 0.25) is 0 Å². The SMILES string of the molecule is C[C@H](N)C(=O)OP(=O)(OOCc1ccccc1)OC(O)[C@H]1O[C@@H](n2ccc3c(N)ncnc32)[C@](C)(O)[C@@H]1O. The third-order valence-electron chi connectivity index (χ3n) is 5.79. The molecule has 7 N–H and O–H groups in total. The van der Waals surface area contributed by atoms with E-state index in [0.717, 1.165) is 0 Å². The van der Waals surface area contributed by atoms with Crippen molar-refractivity contribution < 1.29 is 48.0 Å². The molecule has 1 aliphatic rings. The van der Waals surface area contributed by atoms with Gasteiger partial charge >= 0.3 is 13.8 Å². The molecule has 0 aliphatic carbocycles. The van der Waals surface area contributed by atoms with Crippen LogP contribution in [0.4, 0.5) is 5.82 Å². The van der Waals surface area contributed by atoms with Gasteiger partial charge in [0.05, 0.1) is 5.39 Å². The van der Waals surface area contributed by atoms with Crippen LogP contribution in [0, 0.1) is 0 Å². The predicted octanol–water partition coefficient (Wildman–Crippen LogP) is 0.505. The zero-order chi connectivity index (χ0) is 27.7. The molecule has 3 heterocycles. The number of phosphoric ester groups is 1. The fraction of sp³-hybridized carbons (Fsp3) is 0.409. The molecule has 1 aliphatic heterocycles. The van der Waals surface area contributed by atoms with E-state index in [2.05, 4.69) is 9.97 Å². The Morgan fingerprint density at radius 2 is 2.00 bits per heavy atom. The number of rotatable bonds is 10. The van der Waals surface area contributed by atoms with Crippen molar-refractivity contribution >= 4 is 30.6 Å². The van der Waals surface area contributed by atoms with Crippen molar-refractivity contribution in [2.75, 3.05) is 5.73 Å². The van der Waals surface area contributed by atoms with E-state index in [1.54, 1.807) is 36.4 Å². The number of phosphoric acid groups is 1. The largest absolute Gasteiger partial charge is 0.562 e. The van der Waals surface area contributed by atoms with Crippen LogP contribution in [0.25, 0.3) is 11.0 Å². The topological polar surface area (TPSA) is 224 Å². The summed E-state index contributed by atoms with van der Waals surface area (Å²) in [7, 11) is -4.99. The number of anilines is 1. The van der Waals surface area contributed by atoms with Gasteiger partial charge in [-0.2, -0.15) is 0 Å². The third kappa shape index (κ3) is 5.71. The first-order valence-electron chi connectivity index (χ1n) is 11.4. The quantitative estimate of drug-likeness (QED) is 0.0998. The highest BCUT2D eigenvalue weighted by Gasteiger charge is 2.57. The summed E-state index contributed by atoms with van der Waals surface area (Å²) in [6.45, 7) is 2.29. The van der Waals surface area contributed by atoms with Crippen LogP contribution in [-0.4, -0.2) is 66.0 Å². The Bertz CT molecular complexity index is 1320. The average molecular weight is 553 g/mol. The van der Waals surface area contributed by atoms with E-state index in [1.165, 1.54) is 30.9 Å². The minimum atomic E-state index is -4.99. The van der Waals surface area contributed by atoms with E-state index in [1.807, 2.05) is 0 Å². The summed E-state index contributed by atoms with van der Waals surface area (Å²) in [5, 5.41) is 33.0. The summed E-state index contributed by atoms with van der Waals surface area (Å²) in [5.41, 5.74) is 10.2. The lowest BCUT2D eigenvalue weighted by molar-refractivity contribution is -0.250. The number of aromatic nitrogens is 3. The highest BCUT2D eigenvalue weighted by molar-refractivity contribution is 7.49. The number of nitrogen functional groups attached to an aromatic ring is 1. The lowest BCUT2D eigenvalue weighted by atomic mass is 9.96. The molecule has 4 rings (SSSR count). The molecule has 1 saturated heterocycles. The van der Waals surface area contributed by atoms with Crippen LogP contribution in [-0.2, 0) is 39.3 Å². The lowest BCUT2D eigenvalue weighted by Crippen LogP contribution is -2.46. The molecule has 0 bridgehead atoms. The number of aliphatic hydroxyl groups excluding tert-OH is 2. The summed E-state index contributed by atoms with van der Waals surface area (Å²) < 4.78 is 34.9. The second-order valence-corrected chi connectivity index (χ2v) is 10.2. The Hall–Kier alpha value is -2.98. The number of fused-ring (bicyclic) bond motifs is 1. The minimum absolute atomic E-state index is 0.177. The molecule has 1 fully saturated rings. The van der Waals surface area contributed by atoms with Gasteiger partial charge in [0.15, 0.2) is 12.5 Å². The van der Waals surface area contributed by atoms with Gasteiger partial charge in [-0.15, -0.1) is 4.67 Å². The molecule has 1 aromatic carbocycles. The van der Waals surface area contributed by atoms with E-state index in [0.29, 0.717) is 10.9 Å². The maximum atomic E-state index is 13.2. The monoisotopic (exact) mass is 553 g/mol. The van der Waals surface area contributed by atoms with Crippen LogP contribution >= 0.6 is 7.82 Å². The van der Waals surface area contributed by atoms with Gasteiger partial charge in [0.25, 0.3) is 0 Å². The molecule has 38 heavy (non-hydrogen) atoms. The fourth-order valence-corrected chi connectivity index (χ4v) is 4.82. The first-order chi connectivity index (χ1) is 17.9. The molecule has 0 spiro atoms. The van der Waals surface area contributed by atoms with E-state index < -0.39 is 50.2 Å². The maximum absolute atomic E-state index is 13.2. The fourth-order valence-electron chi connectivity index (χ4n) is 3.76. The van der Waals surface area contributed by atoms with E-state index in [4.69, 9.17) is 34.8 Å². The Labute approximate surface area is 216 Å². The molecule has 206 valence electrons. The van der Waals surface area contributed by atoms with E-state index in [-0.39, 0.29) is 18.1 Å². The van der Waals surface area contributed by atoms with Gasteiger partial charge < -0.3 is 40.6 Å². The summed E-state index contributed by atoms with van der Waals surface area (Å²) >= 11 is 0. The number of carbonyl (C=O) groups excluding carboxylic acids is 1. The van der Waals surface area contributed by atoms with Gasteiger partial charge in [-0.05, 0) is 25.5 Å². The van der Waals surface area contributed by atoms with Crippen LogP contribution in [0.3, 0.4) is 0 Å². The molecule has 0 radical (unpaired) electrons. The number of carbonyl (C=O) groups is 1. The number of hydrogen-bond donors (Lipinski definition) is 5. The Balaban J connectivity index is 1.53. The molecule has 2 unspecified atom stereocenters. The van der Waals surface area contributed by atoms with Crippen LogP contribution in [0.1, 0.15) is 25.6 Å². The van der Waals surface area contributed by atoms with Crippen molar-refractivity contribution in [2.24, 2.45) is 5.73 Å². The third-order valence-corrected chi connectivity index (χ3v) is 6.96. The number of hydrogen-bond acceptors (Lipinski definition) is 14. The first kappa shape index (κ1) is 28.0. The van der Waals surface area contributed by atoms with Crippen molar-refractivity contribution in [3.05, 3.63) is 54.5 Å². The average Bonchev–Trinajstić information content (AvgIpc) is 3.38. The highest BCUT2D eigenvalue weighted by atomic mass is 31.2. The van der Waals surface area contributed by atoms with Crippen molar-refractivity contribution in [3.63, 3.8) is 0 Å². The zero-order valence-electron chi connectivity index (χ0n) is 20.4. The molecule has 0 saturated carbocycles. The van der Waals surface area contributed by atoms with Crippen LogP contribution < -0.4 is 11.5 Å². The van der Waals surface area contributed by atoms with E-state index >= 15 is 0 Å². The summed E-state index contributed by atoms with van der Waals surface area (Å²) in [4.78, 5) is 25.0. The number of ether oxygens (including phenoxy) is 1. The zero-order valence-corrected chi connectivity index (χ0v) is 21.3. The number of nitrogens with zero attached hydrogens (tertiary/aromatic N) is 3. The summed E-state index contributed by atoms with van der Waals surface area (Å²) in [6, 6.07) is 8.95. The van der Waals surface area contributed by atoms with Crippen molar-refractivity contribution in [1.29, 1.82) is 0 Å². The molecule has 2 aromatic heterocycles.